The second-order valence-electron chi connectivity index (χ2n) is 4.14. The molecule has 0 radical (unpaired) electrons. The smallest absolute Gasteiger partial charge is 0.239 e. The number of nitrogens with zero attached hydrogens (tertiary/aromatic N) is 2. The molecule has 2 aromatic rings. The molecule has 0 aliphatic carbocycles. The standard InChI is InChI=1S/C14H15N3OS/c1-10-5-3-6-12(9-10)19-11(2)13(18)17-14-15-7-4-8-16-14/h3-9,11H,1-2H3,(H,15,16,17,18). The Hall–Kier alpha value is -1.88. The van der Waals surface area contributed by atoms with Gasteiger partial charge in [0, 0.05) is 17.3 Å². The molecule has 1 aromatic carbocycles. The van der Waals surface area contributed by atoms with Gasteiger partial charge in [0.05, 0.1) is 5.25 Å². The van der Waals surface area contributed by atoms with Gasteiger partial charge in [-0.05, 0) is 32.0 Å². The number of rotatable bonds is 4. The number of aromatic nitrogens is 2. The van der Waals surface area contributed by atoms with E-state index in [1.807, 2.05) is 32.0 Å². The number of hydrogen-bond acceptors (Lipinski definition) is 4. The number of nitrogens with one attached hydrogen (secondary N) is 1. The van der Waals surface area contributed by atoms with Crippen LogP contribution in [0.3, 0.4) is 0 Å². The van der Waals surface area contributed by atoms with E-state index in [2.05, 4.69) is 21.4 Å². The van der Waals surface area contributed by atoms with Crippen molar-refractivity contribution in [2.45, 2.75) is 24.0 Å². The van der Waals surface area contributed by atoms with Crippen LogP contribution in [0.2, 0.25) is 0 Å². The summed E-state index contributed by atoms with van der Waals surface area (Å²) in [6.45, 7) is 3.90. The molecule has 0 saturated heterocycles. The fourth-order valence-corrected chi connectivity index (χ4v) is 2.51. The van der Waals surface area contributed by atoms with Gasteiger partial charge in [-0.25, -0.2) is 9.97 Å². The molecule has 1 amide bonds. The topological polar surface area (TPSA) is 54.9 Å². The quantitative estimate of drug-likeness (QED) is 0.870. The number of thioether (sulfide) groups is 1. The molecule has 0 saturated carbocycles. The molecule has 0 fully saturated rings. The first-order valence-corrected chi connectivity index (χ1v) is 6.84. The van der Waals surface area contributed by atoms with Gasteiger partial charge < -0.3 is 0 Å². The van der Waals surface area contributed by atoms with Crippen molar-refractivity contribution >= 4 is 23.6 Å². The molecule has 1 aromatic heterocycles. The van der Waals surface area contributed by atoms with Crippen LogP contribution in [-0.4, -0.2) is 21.1 Å². The fourth-order valence-electron chi connectivity index (χ4n) is 1.52. The van der Waals surface area contributed by atoms with Crippen LogP contribution in [-0.2, 0) is 4.79 Å². The van der Waals surface area contributed by atoms with Crippen LogP contribution < -0.4 is 5.32 Å². The highest BCUT2D eigenvalue weighted by atomic mass is 32.2. The van der Waals surface area contributed by atoms with E-state index in [-0.39, 0.29) is 11.2 Å². The molecule has 4 nitrogen and oxygen atoms in total. The van der Waals surface area contributed by atoms with Crippen LogP contribution in [0.1, 0.15) is 12.5 Å². The van der Waals surface area contributed by atoms with E-state index in [9.17, 15) is 4.79 Å². The predicted molar refractivity (Wildman–Crippen MR) is 77.2 cm³/mol. The molecule has 19 heavy (non-hydrogen) atoms. The lowest BCUT2D eigenvalue weighted by atomic mass is 10.2. The minimum absolute atomic E-state index is 0.0993. The van der Waals surface area contributed by atoms with Crippen LogP contribution in [0.25, 0.3) is 0 Å². The monoisotopic (exact) mass is 273 g/mol. The largest absolute Gasteiger partial charge is 0.294 e. The van der Waals surface area contributed by atoms with Crippen molar-refractivity contribution in [3.05, 3.63) is 48.3 Å². The Morgan fingerprint density at radius 2 is 2.00 bits per heavy atom. The van der Waals surface area contributed by atoms with Gasteiger partial charge in [0.25, 0.3) is 0 Å². The van der Waals surface area contributed by atoms with Gasteiger partial charge in [-0.2, -0.15) is 0 Å². The maximum atomic E-state index is 12.0. The molecule has 5 heteroatoms. The lowest BCUT2D eigenvalue weighted by Crippen LogP contribution is -2.23. The summed E-state index contributed by atoms with van der Waals surface area (Å²) in [6, 6.07) is 9.80. The Morgan fingerprint density at radius 3 is 2.68 bits per heavy atom. The van der Waals surface area contributed by atoms with E-state index in [4.69, 9.17) is 0 Å². The Labute approximate surface area is 116 Å². The summed E-state index contributed by atoms with van der Waals surface area (Å²) < 4.78 is 0. The molecule has 1 N–H and O–H groups in total. The normalized spacial score (nSPS) is 11.9. The van der Waals surface area contributed by atoms with Crippen molar-refractivity contribution in [3.8, 4) is 0 Å². The molecular weight excluding hydrogens is 258 g/mol. The van der Waals surface area contributed by atoms with Gasteiger partial charge in [0.2, 0.25) is 11.9 Å². The minimum Gasteiger partial charge on any atom is -0.294 e. The first kappa shape index (κ1) is 13.5. The third-order valence-corrected chi connectivity index (χ3v) is 3.57. The van der Waals surface area contributed by atoms with E-state index in [0.29, 0.717) is 5.95 Å². The van der Waals surface area contributed by atoms with Crippen molar-refractivity contribution < 1.29 is 4.79 Å². The molecule has 1 heterocycles. The van der Waals surface area contributed by atoms with Gasteiger partial charge in [-0.15, -0.1) is 11.8 Å². The predicted octanol–water partition coefficient (Wildman–Crippen LogP) is 2.90. The second-order valence-corrected chi connectivity index (χ2v) is 5.55. The van der Waals surface area contributed by atoms with Crippen LogP contribution >= 0.6 is 11.8 Å². The molecule has 0 spiro atoms. The number of anilines is 1. The molecule has 2 rings (SSSR count). The average Bonchev–Trinajstić information content (AvgIpc) is 2.40. The molecule has 0 aliphatic heterocycles. The molecule has 1 unspecified atom stereocenters. The summed E-state index contributed by atoms with van der Waals surface area (Å²) in [5.41, 5.74) is 1.18. The van der Waals surface area contributed by atoms with Crippen LogP contribution in [0, 0.1) is 6.92 Å². The maximum absolute atomic E-state index is 12.0. The Balaban J connectivity index is 1.96. The van der Waals surface area contributed by atoms with Crippen LogP contribution in [0.5, 0.6) is 0 Å². The van der Waals surface area contributed by atoms with Crippen molar-refractivity contribution in [2.24, 2.45) is 0 Å². The van der Waals surface area contributed by atoms with Gasteiger partial charge >= 0.3 is 0 Å². The average molecular weight is 273 g/mol. The van der Waals surface area contributed by atoms with Gasteiger partial charge in [0.15, 0.2) is 0 Å². The van der Waals surface area contributed by atoms with Crippen LogP contribution in [0.15, 0.2) is 47.6 Å². The Morgan fingerprint density at radius 1 is 1.26 bits per heavy atom. The number of amides is 1. The fraction of sp³-hybridized carbons (Fsp3) is 0.214. The lowest BCUT2D eigenvalue weighted by Gasteiger charge is -2.11. The van der Waals surface area contributed by atoms with E-state index in [1.165, 1.54) is 17.3 Å². The van der Waals surface area contributed by atoms with E-state index in [1.54, 1.807) is 18.5 Å². The third kappa shape index (κ3) is 4.06. The molecule has 0 bridgehead atoms. The zero-order valence-electron chi connectivity index (χ0n) is 10.8. The van der Waals surface area contributed by atoms with Crippen molar-refractivity contribution in [1.29, 1.82) is 0 Å². The number of hydrogen-bond donors (Lipinski definition) is 1. The molecule has 1 atom stereocenters. The molecular formula is C14H15N3OS. The minimum atomic E-state index is -0.203. The second kappa shape index (κ2) is 6.33. The van der Waals surface area contributed by atoms with Gasteiger partial charge in [0.1, 0.15) is 0 Å². The number of benzene rings is 1. The summed E-state index contributed by atoms with van der Waals surface area (Å²) in [6.07, 6.45) is 3.20. The highest BCUT2D eigenvalue weighted by Crippen LogP contribution is 2.24. The SMILES string of the molecule is Cc1cccc(SC(C)C(=O)Nc2ncccn2)c1. The van der Waals surface area contributed by atoms with Crippen LogP contribution in [0.4, 0.5) is 5.95 Å². The van der Waals surface area contributed by atoms with E-state index < -0.39 is 0 Å². The van der Waals surface area contributed by atoms with Gasteiger partial charge in [-0.3, -0.25) is 10.1 Å². The first-order chi connectivity index (χ1) is 9.15. The summed E-state index contributed by atoms with van der Waals surface area (Å²) in [4.78, 5) is 21.0. The number of carbonyl (C=O) groups excluding carboxylic acids is 1. The third-order valence-electron chi connectivity index (χ3n) is 2.47. The summed E-state index contributed by atoms with van der Waals surface area (Å²) in [5, 5.41) is 2.49. The summed E-state index contributed by atoms with van der Waals surface area (Å²) in [7, 11) is 0. The van der Waals surface area contributed by atoms with E-state index >= 15 is 0 Å². The highest BCUT2D eigenvalue weighted by Gasteiger charge is 2.15. The number of aryl methyl sites for hydroxylation is 1. The molecule has 0 aliphatic rings. The number of carbonyl (C=O) groups is 1. The van der Waals surface area contributed by atoms with Crippen molar-refractivity contribution in [3.63, 3.8) is 0 Å². The summed E-state index contributed by atoms with van der Waals surface area (Å²) >= 11 is 1.52. The first-order valence-electron chi connectivity index (χ1n) is 5.96. The Bertz CT molecular complexity index is 560. The Kier molecular flexibility index (Phi) is 4.52. The van der Waals surface area contributed by atoms with Crippen molar-refractivity contribution in [2.75, 3.05) is 5.32 Å². The van der Waals surface area contributed by atoms with Crippen molar-refractivity contribution in [1.82, 2.24) is 9.97 Å². The molecule has 98 valence electrons. The zero-order chi connectivity index (χ0) is 13.7. The maximum Gasteiger partial charge on any atom is 0.239 e. The van der Waals surface area contributed by atoms with E-state index in [0.717, 1.165) is 4.90 Å². The zero-order valence-corrected chi connectivity index (χ0v) is 11.6. The highest BCUT2D eigenvalue weighted by molar-refractivity contribution is 8.00. The van der Waals surface area contributed by atoms with Gasteiger partial charge in [-0.1, -0.05) is 17.7 Å². The lowest BCUT2D eigenvalue weighted by molar-refractivity contribution is -0.115. The summed E-state index contributed by atoms with van der Waals surface area (Å²) in [5.74, 6) is 0.238.